The minimum atomic E-state index is -0.652. The van der Waals surface area contributed by atoms with Crippen molar-refractivity contribution in [2.24, 2.45) is 7.05 Å². The molecule has 3 rings (SSSR count). The van der Waals surface area contributed by atoms with Crippen LogP contribution < -0.4 is 5.32 Å². The van der Waals surface area contributed by atoms with Crippen LogP contribution in [0.2, 0.25) is 0 Å². The summed E-state index contributed by atoms with van der Waals surface area (Å²) in [6, 6.07) is -0.280. The quantitative estimate of drug-likeness (QED) is 0.811. The topological polar surface area (TPSA) is 67.2 Å². The monoisotopic (exact) mass is 280 g/mol. The molecule has 0 radical (unpaired) electrons. The third kappa shape index (κ3) is 2.01. The number of hydrogen-bond acceptors (Lipinski definition) is 4. The van der Waals surface area contributed by atoms with Crippen molar-refractivity contribution in [1.82, 2.24) is 19.8 Å². The van der Waals surface area contributed by atoms with Crippen LogP contribution in [0.4, 0.5) is 4.79 Å². The smallest absolute Gasteiger partial charge is 0.325 e. The highest BCUT2D eigenvalue weighted by Gasteiger charge is 2.51. The zero-order valence-electron chi connectivity index (χ0n) is 10.8. The molecule has 0 unspecified atom stereocenters. The molecule has 2 aliphatic rings. The van der Waals surface area contributed by atoms with E-state index in [4.69, 9.17) is 0 Å². The average molecular weight is 280 g/mol. The van der Waals surface area contributed by atoms with E-state index in [0.29, 0.717) is 0 Å². The summed E-state index contributed by atoms with van der Waals surface area (Å²) in [4.78, 5) is 29.9. The molecule has 0 atom stereocenters. The Morgan fingerprint density at radius 3 is 2.79 bits per heavy atom. The molecule has 0 saturated carbocycles. The van der Waals surface area contributed by atoms with E-state index in [0.717, 1.165) is 30.0 Å². The van der Waals surface area contributed by atoms with Crippen LogP contribution in [0, 0.1) is 0 Å². The van der Waals surface area contributed by atoms with Crippen LogP contribution in [-0.2, 0) is 18.4 Å². The summed E-state index contributed by atoms with van der Waals surface area (Å²) < 4.78 is 1.82. The number of carbonyl (C=O) groups excluding carboxylic acids is 2. The zero-order chi connectivity index (χ0) is 13.5. The Labute approximate surface area is 115 Å². The molecule has 0 aromatic carbocycles. The van der Waals surface area contributed by atoms with Crippen LogP contribution in [0.15, 0.2) is 12.5 Å². The highest BCUT2D eigenvalue weighted by molar-refractivity contribution is 7.99. The lowest BCUT2D eigenvalue weighted by Gasteiger charge is -2.30. The zero-order valence-corrected chi connectivity index (χ0v) is 11.6. The molecule has 102 valence electrons. The molecule has 3 heterocycles. The Bertz CT molecular complexity index is 522. The summed E-state index contributed by atoms with van der Waals surface area (Å²) in [5, 5.41) is 2.90. The van der Waals surface area contributed by atoms with Gasteiger partial charge in [-0.15, -0.1) is 0 Å². The first-order valence-electron chi connectivity index (χ1n) is 6.29. The minimum Gasteiger partial charge on any atom is -0.336 e. The predicted octanol–water partition coefficient (Wildman–Crippen LogP) is 0.738. The van der Waals surface area contributed by atoms with Gasteiger partial charge in [0.25, 0.3) is 5.91 Å². The number of rotatable bonds is 2. The fourth-order valence-corrected chi connectivity index (χ4v) is 3.77. The average Bonchev–Trinajstić information content (AvgIpc) is 2.89. The maximum atomic E-state index is 12.5. The van der Waals surface area contributed by atoms with E-state index < -0.39 is 5.54 Å². The van der Waals surface area contributed by atoms with Crippen LogP contribution in [0.3, 0.4) is 0 Å². The lowest BCUT2D eigenvalue weighted by Crippen LogP contribution is -2.49. The van der Waals surface area contributed by atoms with Gasteiger partial charge in [0.1, 0.15) is 5.54 Å². The molecule has 3 amide bonds. The Kier molecular flexibility index (Phi) is 3.00. The van der Waals surface area contributed by atoms with Crippen molar-refractivity contribution < 1.29 is 9.59 Å². The van der Waals surface area contributed by atoms with Gasteiger partial charge in [-0.25, -0.2) is 9.78 Å². The fraction of sp³-hybridized carbons (Fsp3) is 0.583. The Morgan fingerprint density at radius 2 is 2.16 bits per heavy atom. The summed E-state index contributed by atoms with van der Waals surface area (Å²) in [5.74, 6) is 1.76. The summed E-state index contributed by atoms with van der Waals surface area (Å²) in [6.45, 7) is 0.288. The number of imide groups is 1. The van der Waals surface area contributed by atoms with Gasteiger partial charge in [-0.3, -0.25) is 9.69 Å². The number of nitrogens with zero attached hydrogens (tertiary/aromatic N) is 3. The molecule has 0 aliphatic carbocycles. The number of carbonyl (C=O) groups is 2. The van der Waals surface area contributed by atoms with E-state index in [1.807, 2.05) is 23.4 Å². The molecule has 2 fully saturated rings. The molecule has 1 aromatic heterocycles. The largest absolute Gasteiger partial charge is 0.336 e. The lowest BCUT2D eigenvalue weighted by atomic mass is 9.92. The molecule has 1 aromatic rings. The van der Waals surface area contributed by atoms with Crippen LogP contribution in [-0.4, -0.2) is 43.4 Å². The van der Waals surface area contributed by atoms with Crippen LogP contribution in [0.25, 0.3) is 0 Å². The van der Waals surface area contributed by atoms with Crippen molar-refractivity contribution in [2.45, 2.75) is 24.9 Å². The second-order valence-electron chi connectivity index (χ2n) is 5.01. The van der Waals surface area contributed by atoms with Crippen LogP contribution in [0.5, 0.6) is 0 Å². The van der Waals surface area contributed by atoms with E-state index in [1.165, 1.54) is 4.90 Å². The third-order valence-corrected chi connectivity index (χ3v) is 4.81. The van der Waals surface area contributed by atoms with Crippen LogP contribution >= 0.6 is 11.8 Å². The number of imidazole rings is 1. The third-order valence-electron chi connectivity index (χ3n) is 3.83. The van der Waals surface area contributed by atoms with Crippen molar-refractivity contribution >= 4 is 23.7 Å². The van der Waals surface area contributed by atoms with E-state index in [-0.39, 0.29) is 18.5 Å². The molecule has 1 N–H and O–H groups in total. The highest BCUT2D eigenvalue weighted by atomic mass is 32.2. The molecule has 7 heteroatoms. The second kappa shape index (κ2) is 4.56. The minimum absolute atomic E-state index is 0.0843. The van der Waals surface area contributed by atoms with Gasteiger partial charge in [0.15, 0.2) is 0 Å². The fourth-order valence-electron chi connectivity index (χ4n) is 2.58. The van der Waals surface area contributed by atoms with Crippen molar-refractivity contribution in [2.75, 3.05) is 11.5 Å². The van der Waals surface area contributed by atoms with Crippen molar-refractivity contribution in [3.8, 4) is 0 Å². The van der Waals surface area contributed by atoms with Crippen LogP contribution in [0.1, 0.15) is 18.5 Å². The molecular formula is C12H16N4O2S. The Balaban J connectivity index is 1.81. The van der Waals surface area contributed by atoms with E-state index in [2.05, 4.69) is 10.3 Å². The molecule has 2 aliphatic heterocycles. The number of urea groups is 1. The first kappa shape index (κ1) is 12.5. The maximum absolute atomic E-state index is 12.5. The standard InChI is InChI=1S/C12H16N4O2S/c1-15-8-13-6-9(15)7-16-10(17)12(14-11(16)18)2-4-19-5-3-12/h6,8H,2-5,7H2,1H3,(H,14,18). The van der Waals surface area contributed by atoms with E-state index >= 15 is 0 Å². The second-order valence-corrected chi connectivity index (χ2v) is 6.24. The number of amides is 3. The predicted molar refractivity (Wildman–Crippen MR) is 71.6 cm³/mol. The Hall–Kier alpha value is -1.50. The van der Waals surface area contributed by atoms with Gasteiger partial charge >= 0.3 is 6.03 Å². The summed E-state index contributed by atoms with van der Waals surface area (Å²) in [7, 11) is 1.85. The number of aryl methyl sites for hydroxylation is 1. The maximum Gasteiger partial charge on any atom is 0.325 e. The SMILES string of the molecule is Cn1cncc1CN1C(=O)NC2(CCSCC2)C1=O. The molecular weight excluding hydrogens is 264 g/mol. The molecule has 6 nitrogen and oxygen atoms in total. The summed E-state index contributed by atoms with van der Waals surface area (Å²) in [6.07, 6.45) is 4.80. The summed E-state index contributed by atoms with van der Waals surface area (Å²) >= 11 is 1.83. The van der Waals surface area contributed by atoms with Crippen molar-refractivity contribution in [3.63, 3.8) is 0 Å². The lowest BCUT2D eigenvalue weighted by molar-refractivity contribution is -0.132. The van der Waals surface area contributed by atoms with Gasteiger partial charge in [-0.2, -0.15) is 11.8 Å². The van der Waals surface area contributed by atoms with Gasteiger partial charge in [0.05, 0.1) is 18.6 Å². The van der Waals surface area contributed by atoms with Gasteiger partial charge in [0.2, 0.25) is 0 Å². The van der Waals surface area contributed by atoms with Gasteiger partial charge in [0, 0.05) is 13.2 Å². The molecule has 19 heavy (non-hydrogen) atoms. The molecule has 0 bridgehead atoms. The Morgan fingerprint density at radius 1 is 1.42 bits per heavy atom. The first-order chi connectivity index (χ1) is 9.12. The number of nitrogens with one attached hydrogen (secondary N) is 1. The number of hydrogen-bond donors (Lipinski definition) is 1. The number of aromatic nitrogens is 2. The first-order valence-corrected chi connectivity index (χ1v) is 7.45. The molecule has 1 spiro atoms. The highest BCUT2D eigenvalue weighted by Crippen LogP contribution is 2.33. The summed E-state index contributed by atoms with van der Waals surface area (Å²) in [5.41, 5.74) is 0.201. The van der Waals surface area contributed by atoms with Crippen molar-refractivity contribution in [1.29, 1.82) is 0 Å². The normalized spacial score (nSPS) is 22.1. The number of thioether (sulfide) groups is 1. The van der Waals surface area contributed by atoms with Gasteiger partial charge in [-0.05, 0) is 24.3 Å². The van der Waals surface area contributed by atoms with Gasteiger partial charge in [-0.1, -0.05) is 0 Å². The van der Waals surface area contributed by atoms with E-state index in [9.17, 15) is 9.59 Å². The van der Waals surface area contributed by atoms with E-state index in [1.54, 1.807) is 12.5 Å². The molecule has 2 saturated heterocycles. The van der Waals surface area contributed by atoms with Crippen molar-refractivity contribution in [3.05, 3.63) is 18.2 Å². The van der Waals surface area contributed by atoms with Gasteiger partial charge < -0.3 is 9.88 Å².